The second-order valence-corrected chi connectivity index (χ2v) is 6.76. The van der Waals surface area contributed by atoms with E-state index in [1.165, 1.54) is 0 Å². The van der Waals surface area contributed by atoms with Crippen LogP contribution in [0, 0.1) is 6.92 Å². The highest BCUT2D eigenvalue weighted by Gasteiger charge is 2.19. The molecule has 1 fully saturated rings. The number of anilines is 3. The maximum absolute atomic E-state index is 12.4. The molecule has 142 valence electrons. The third-order valence-corrected chi connectivity index (χ3v) is 4.74. The molecule has 1 aromatic carbocycles. The lowest BCUT2D eigenvalue weighted by Gasteiger charge is -2.35. The first-order valence-electron chi connectivity index (χ1n) is 9.32. The number of aryl methyl sites for hydroxylation is 1. The summed E-state index contributed by atoms with van der Waals surface area (Å²) in [6.45, 7) is 5.39. The van der Waals surface area contributed by atoms with E-state index in [9.17, 15) is 4.79 Å². The summed E-state index contributed by atoms with van der Waals surface area (Å²) in [5.41, 5.74) is 2.14. The molecule has 3 heterocycles. The van der Waals surface area contributed by atoms with Crippen molar-refractivity contribution in [2.75, 3.05) is 41.3 Å². The number of amides is 1. The average Bonchev–Trinajstić information content (AvgIpc) is 2.75. The number of nitrogens with zero attached hydrogens (tertiary/aromatic N) is 5. The molecule has 0 unspecified atom stereocenters. The maximum atomic E-state index is 12.4. The van der Waals surface area contributed by atoms with Crippen molar-refractivity contribution in [3.05, 3.63) is 72.1 Å². The van der Waals surface area contributed by atoms with E-state index >= 15 is 0 Å². The van der Waals surface area contributed by atoms with Crippen molar-refractivity contribution in [2.24, 2.45) is 0 Å². The molecule has 7 heteroatoms. The van der Waals surface area contributed by atoms with Crippen molar-refractivity contribution in [1.29, 1.82) is 0 Å². The molecule has 0 radical (unpaired) electrons. The van der Waals surface area contributed by atoms with Gasteiger partial charge in [-0.25, -0.2) is 4.98 Å². The summed E-state index contributed by atoms with van der Waals surface area (Å²) in [4.78, 5) is 21.2. The number of carbonyl (C=O) groups excluding carboxylic acids is 1. The molecular weight excluding hydrogens is 352 g/mol. The van der Waals surface area contributed by atoms with Crippen LogP contribution in [0.15, 0.2) is 60.8 Å². The van der Waals surface area contributed by atoms with Gasteiger partial charge in [0.2, 0.25) is 0 Å². The van der Waals surface area contributed by atoms with Gasteiger partial charge in [-0.2, -0.15) is 0 Å². The van der Waals surface area contributed by atoms with E-state index in [0.717, 1.165) is 49.1 Å². The highest BCUT2D eigenvalue weighted by molar-refractivity contribution is 6.02. The Bertz CT molecular complexity index is 937. The van der Waals surface area contributed by atoms with Gasteiger partial charge in [-0.05, 0) is 48.9 Å². The summed E-state index contributed by atoms with van der Waals surface area (Å²) in [6, 6.07) is 17.2. The van der Waals surface area contributed by atoms with Crippen LogP contribution < -0.4 is 15.1 Å². The highest BCUT2D eigenvalue weighted by Crippen LogP contribution is 2.17. The van der Waals surface area contributed by atoms with Gasteiger partial charge in [0, 0.05) is 38.1 Å². The minimum absolute atomic E-state index is 0.260. The van der Waals surface area contributed by atoms with Gasteiger partial charge in [0.05, 0.1) is 0 Å². The van der Waals surface area contributed by atoms with Crippen LogP contribution in [-0.2, 0) is 0 Å². The number of aromatic nitrogens is 3. The largest absolute Gasteiger partial charge is 0.353 e. The van der Waals surface area contributed by atoms with Crippen LogP contribution in [0.3, 0.4) is 0 Å². The van der Waals surface area contributed by atoms with Crippen molar-refractivity contribution >= 4 is 23.2 Å². The zero-order chi connectivity index (χ0) is 19.3. The Morgan fingerprint density at radius 1 is 0.893 bits per heavy atom. The van der Waals surface area contributed by atoms with Gasteiger partial charge < -0.3 is 15.1 Å². The van der Waals surface area contributed by atoms with E-state index < -0.39 is 0 Å². The normalized spacial score (nSPS) is 14.0. The number of piperazine rings is 1. The van der Waals surface area contributed by atoms with E-state index in [1.807, 2.05) is 61.7 Å². The topological polar surface area (TPSA) is 74.2 Å². The lowest BCUT2D eigenvalue weighted by Crippen LogP contribution is -2.47. The molecule has 0 atom stereocenters. The van der Waals surface area contributed by atoms with Gasteiger partial charge in [0.25, 0.3) is 5.91 Å². The average molecular weight is 374 g/mol. The van der Waals surface area contributed by atoms with Gasteiger partial charge in [-0.1, -0.05) is 18.2 Å². The second-order valence-electron chi connectivity index (χ2n) is 6.76. The summed E-state index contributed by atoms with van der Waals surface area (Å²) in [5, 5.41) is 11.2. The quantitative estimate of drug-likeness (QED) is 0.757. The summed E-state index contributed by atoms with van der Waals surface area (Å²) in [6.07, 6.45) is 1.81. The number of carbonyl (C=O) groups is 1. The molecule has 1 amide bonds. The molecular formula is C21H22N6O. The smallest absolute Gasteiger partial charge is 0.276 e. The molecule has 4 rings (SSSR count). The molecule has 0 bridgehead atoms. The Morgan fingerprint density at radius 3 is 2.32 bits per heavy atom. The Kier molecular flexibility index (Phi) is 5.14. The van der Waals surface area contributed by atoms with Gasteiger partial charge >= 0.3 is 0 Å². The Labute approximate surface area is 164 Å². The summed E-state index contributed by atoms with van der Waals surface area (Å²) < 4.78 is 0. The predicted octanol–water partition coefficient (Wildman–Crippen LogP) is 2.76. The number of benzene rings is 1. The van der Waals surface area contributed by atoms with E-state index in [4.69, 9.17) is 0 Å². The molecule has 0 spiro atoms. The molecule has 1 N–H and O–H groups in total. The first-order chi connectivity index (χ1) is 13.7. The van der Waals surface area contributed by atoms with Crippen LogP contribution in [-0.4, -0.2) is 47.3 Å². The number of nitrogens with one attached hydrogen (secondary N) is 1. The molecule has 7 nitrogen and oxygen atoms in total. The summed E-state index contributed by atoms with van der Waals surface area (Å²) in [5.74, 6) is 1.52. The molecule has 0 saturated carbocycles. The van der Waals surface area contributed by atoms with Crippen LogP contribution in [0.4, 0.5) is 17.3 Å². The fourth-order valence-corrected chi connectivity index (χ4v) is 3.24. The molecule has 1 saturated heterocycles. The van der Waals surface area contributed by atoms with Crippen LogP contribution >= 0.6 is 0 Å². The highest BCUT2D eigenvalue weighted by atomic mass is 16.1. The van der Waals surface area contributed by atoms with E-state index in [1.54, 1.807) is 6.07 Å². The summed E-state index contributed by atoms with van der Waals surface area (Å²) >= 11 is 0. The van der Waals surface area contributed by atoms with Crippen LogP contribution in [0.1, 0.15) is 16.1 Å². The Hall–Kier alpha value is -3.48. The maximum Gasteiger partial charge on any atom is 0.276 e. The zero-order valence-corrected chi connectivity index (χ0v) is 15.7. The van der Waals surface area contributed by atoms with E-state index in [-0.39, 0.29) is 5.91 Å². The lowest BCUT2D eigenvalue weighted by molar-refractivity contribution is 0.102. The van der Waals surface area contributed by atoms with Gasteiger partial charge in [0.1, 0.15) is 5.82 Å². The van der Waals surface area contributed by atoms with Crippen molar-refractivity contribution < 1.29 is 4.79 Å². The number of rotatable bonds is 4. The van der Waals surface area contributed by atoms with Crippen LogP contribution in [0.5, 0.6) is 0 Å². The molecule has 28 heavy (non-hydrogen) atoms. The fourth-order valence-electron chi connectivity index (χ4n) is 3.24. The Balaban J connectivity index is 1.36. The first-order valence-corrected chi connectivity index (χ1v) is 9.32. The fraction of sp³-hybridized carbons (Fsp3) is 0.238. The number of pyridine rings is 1. The van der Waals surface area contributed by atoms with E-state index in [0.29, 0.717) is 5.69 Å². The third-order valence-electron chi connectivity index (χ3n) is 4.74. The number of hydrogen-bond donors (Lipinski definition) is 1. The monoisotopic (exact) mass is 374 g/mol. The molecule has 1 aliphatic heterocycles. The lowest BCUT2D eigenvalue weighted by atomic mass is 10.2. The van der Waals surface area contributed by atoms with Gasteiger partial charge in [-0.3, -0.25) is 4.79 Å². The van der Waals surface area contributed by atoms with Crippen molar-refractivity contribution in [1.82, 2.24) is 15.2 Å². The minimum Gasteiger partial charge on any atom is -0.353 e. The SMILES string of the molecule is Cc1cccc(NC(=O)c2ccc(N3CCN(c4ccccn4)CC3)nn2)c1. The van der Waals surface area contributed by atoms with Crippen molar-refractivity contribution in [2.45, 2.75) is 6.92 Å². The molecule has 2 aromatic heterocycles. The van der Waals surface area contributed by atoms with Gasteiger partial charge in [0.15, 0.2) is 11.5 Å². The first kappa shape index (κ1) is 17.9. The van der Waals surface area contributed by atoms with Crippen LogP contribution in [0.25, 0.3) is 0 Å². The minimum atomic E-state index is -0.260. The zero-order valence-electron chi connectivity index (χ0n) is 15.7. The van der Waals surface area contributed by atoms with Gasteiger partial charge in [-0.15, -0.1) is 10.2 Å². The molecule has 1 aliphatic rings. The van der Waals surface area contributed by atoms with E-state index in [2.05, 4.69) is 30.3 Å². The van der Waals surface area contributed by atoms with Crippen LogP contribution in [0.2, 0.25) is 0 Å². The summed E-state index contributed by atoms with van der Waals surface area (Å²) in [7, 11) is 0. The molecule has 3 aromatic rings. The number of hydrogen-bond acceptors (Lipinski definition) is 6. The standard InChI is InChI=1S/C21H22N6O/c1-16-5-4-6-17(15-16)23-21(28)18-8-9-20(25-24-18)27-13-11-26(12-14-27)19-7-2-3-10-22-19/h2-10,15H,11-14H2,1H3,(H,23,28). The van der Waals surface area contributed by atoms with Crippen molar-refractivity contribution in [3.63, 3.8) is 0 Å². The Morgan fingerprint density at radius 2 is 1.68 bits per heavy atom. The predicted molar refractivity (Wildman–Crippen MR) is 110 cm³/mol. The molecule has 0 aliphatic carbocycles. The third kappa shape index (κ3) is 4.09. The second kappa shape index (κ2) is 8.04. The van der Waals surface area contributed by atoms with Crippen molar-refractivity contribution in [3.8, 4) is 0 Å².